The van der Waals surface area contributed by atoms with Gasteiger partial charge in [0.2, 0.25) is 0 Å². The number of aromatic nitrogens is 5. The maximum Gasteiger partial charge on any atom is 0.145 e. The maximum atomic E-state index is 6.03. The van der Waals surface area contributed by atoms with Gasteiger partial charge in [0, 0.05) is 9.64 Å². The molecule has 0 fully saturated rings. The molecular formula is C24H18IN5O2. The molecule has 0 amide bonds. The number of fused-ring (bicyclic) bond motifs is 5. The normalized spacial score (nSPS) is 12.7. The van der Waals surface area contributed by atoms with Crippen molar-refractivity contribution in [1.29, 1.82) is 0 Å². The second-order valence-electron chi connectivity index (χ2n) is 7.50. The van der Waals surface area contributed by atoms with Gasteiger partial charge in [0.1, 0.15) is 36.2 Å². The quantitative estimate of drug-likeness (QED) is 0.308. The van der Waals surface area contributed by atoms with Gasteiger partial charge >= 0.3 is 0 Å². The SMILES string of the molecule is Ic1ccc(-n2cc(COc3ccc4c(c3)OCCn3c-4nc4ccccc43)nn2)cc1. The van der Waals surface area contributed by atoms with E-state index >= 15 is 0 Å². The topological polar surface area (TPSA) is 67.0 Å². The molecule has 6 rings (SSSR count). The van der Waals surface area contributed by atoms with Gasteiger partial charge in [-0.2, -0.15) is 0 Å². The third kappa shape index (κ3) is 3.50. The van der Waals surface area contributed by atoms with E-state index in [9.17, 15) is 0 Å². The van der Waals surface area contributed by atoms with Crippen LogP contribution < -0.4 is 9.47 Å². The molecule has 0 bridgehead atoms. The van der Waals surface area contributed by atoms with Crippen molar-refractivity contribution in [3.05, 3.63) is 82.2 Å². The van der Waals surface area contributed by atoms with Crippen LogP contribution in [-0.4, -0.2) is 31.2 Å². The molecule has 0 spiro atoms. The van der Waals surface area contributed by atoms with E-state index in [1.807, 2.05) is 66.9 Å². The number of hydrogen-bond acceptors (Lipinski definition) is 5. The molecule has 3 aromatic carbocycles. The van der Waals surface area contributed by atoms with Gasteiger partial charge in [0.15, 0.2) is 0 Å². The smallest absolute Gasteiger partial charge is 0.145 e. The fraction of sp³-hybridized carbons (Fsp3) is 0.125. The molecular weight excluding hydrogens is 517 g/mol. The van der Waals surface area contributed by atoms with E-state index in [2.05, 4.69) is 43.5 Å². The van der Waals surface area contributed by atoms with Crippen LogP contribution in [0, 0.1) is 3.57 Å². The van der Waals surface area contributed by atoms with E-state index in [0.717, 1.165) is 51.8 Å². The maximum absolute atomic E-state index is 6.03. The van der Waals surface area contributed by atoms with Crippen molar-refractivity contribution in [2.45, 2.75) is 13.2 Å². The fourth-order valence-corrected chi connectivity index (χ4v) is 4.25. The number of benzene rings is 3. The Morgan fingerprint density at radius 3 is 2.81 bits per heavy atom. The fourth-order valence-electron chi connectivity index (χ4n) is 3.89. The number of halogens is 1. The van der Waals surface area contributed by atoms with Crippen LogP contribution in [-0.2, 0) is 13.2 Å². The van der Waals surface area contributed by atoms with Crippen molar-refractivity contribution >= 4 is 33.6 Å². The van der Waals surface area contributed by atoms with Gasteiger partial charge < -0.3 is 14.0 Å². The lowest BCUT2D eigenvalue weighted by Gasteiger charge is -2.09. The van der Waals surface area contributed by atoms with Crippen LogP contribution in [0.4, 0.5) is 0 Å². The summed E-state index contributed by atoms with van der Waals surface area (Å²) in [4.78, 5) is 4.84. The Hall–Kier alpha value is -3.40. The monoisotopic (exact) mass is 535 g/mol. The Bertz CT molecular complexity index is 1420. The highest BCUT2D eigenvalue weighted by molar-refractivity contribution is 14.1. The zero-order valence-corrected chi connectivity index (χ0v) is 19.1. The molecule has 5 aromatic rings. The first-order chi connectivity index (χ1) is 15.7. The molecule has 0 N–H and O–H groups in total. The predicted octanol–water partition coefficient (Wildman–Crippen LogP) is 4.86. The van der Waals surface area contributed by atoms with Crippen molar-refractivity contribution in [3.63, 3.8) is 0 Å². The molecule has 1 aliphatic heterocycles. The highest BCUT2D eigenvalue weighted by Crippen LogP contribution is 2.36. The number of nitrogens with zero attached hydrogens (tertiary/aromatic N) is 5. The van der Waals surface area contributed by atoms with Gasteiger partial charge in [0.25, 0.3) is 0 Å². The predicted molar refractivity (Wildman–Crippen MR) is 129 cm³/mol. The lowest BCUT2D eigenvalue weighted by molar-refractivity contribution is 0.289. The Morgan fingerprint density at radius 2 is 1.91 bits per heavy atom. The highest BCUT2D eigenvalue weighted by atomic mass is 127. The van der Waals surface area contributed by atoms with Crippen molar-refractivity contribution in [2.24, 2.45) is 0 Å². The minimum atomic E-state index is 0.321. The van der Waals surface area contributed by atoms with Crippen molar-refractivity contribution in [1.82, 2.24) is 24.5 Å². The van der Waals surface area contributed by atoms with Crippen molar-refractivity contribution in [3.8, 4) is 28.6 Å². The number of rotatable bonds is 4. The number of ether oxygens (including phenoxy) is 2. The van der Waals surface area contributed by atoms with Crippen molar-refractivity contribution in [2.75, 3.05) is 6.61 Å². The molecule has 0 saturated carbocycles. The van der Waals surface area contributed by atoms with Crippen LogP contribution in [0.5, 0.6) is 11.5 Å². The molecule has 2 aromatic heterocycles. The Morgan fingerprint density at radius 1 is 1.03 bits per heavy atom. The minimum Gasteiger partial charge on any atom is -0.491 e. The summed E-state index contributed by atoms with van der Waals surface area (Å²) in [6.45, 7) is 1.65. The second kappa shape index (κ2) is 7.94. The summed E-state index contributed by atoms with van der Waals surface area (Å²) in [5.41, 5.74) is 4.80. The minimum absolute atomic E-state index is 0.321. The standard InChI is InChI=1S/C24H18IN5O2/c25-16-5-7-18(8-6-16)30-14-17(27-28-30)15-32-19-9-10-20-23(13-19)31-12-11-29-22-4-2-1-3-21(22)26-24(20)29/h1-10,13-14H,11-12,15H2. The van der Waals surface area contributed by atoms with Crippen LogP contribution in [0.1, 0.15) is 5.69 Å². The molecule has 3 heterocycles. The average Bonchev–Trinajstić information content (AvgIpc) is 3.39. The lowest BCUT2D eigenvalue weighted by atomic mass is 10.2. The van der Waals surface area contributed by atoms with Crippen LogP contribution in [0.15, 0.2) is 72.9 Å². The zero-order valence-electron chi connectivity index (χ0n) is 17.0. The number of para-hydroxylation sites is 2. The molecule has 1 aliphatic rings. The molecule has 7 nitrogen and oxygen atoms in total. The molecule has 32 heavy (non-hydrogen) atoms. The summed E-state index contributed by atoms with van der Waals surface area (Å²) in [5.74, 6) is 2.42. The van der Waals surface area contributed by atoms with Gasteiger partial charge in [-0.15, -0.1) is 5.10 Å². The molecule has 0 unspecified atom stereocenters. The van der Waals surface area contributed by atoms with Gasteiger partial charge in [-0.05, 0) is 71.1 Å². The number of imidazole rings is 1. The van der Waals surface area contributed by atoms with E-state index in [-0.39, 0.29) is 0 Å². The Balaban J connectivity index is 1.23. The summed E-state index contributed by atoms with van der Waals surface area (Å²) in [6.07, 6.45) is 1.88. The van der Waals surface area contributed by atoms with Crippen LogP contribution in [0.3, 0.4) is 0 Å². The van der Waals surface area contributed by atoms with E-state index in [1.54, 1.807) is 4.68 Å². The summed E-state index contributed by atoms with van der Waals surface area (Å²) >= 11 is 2.28. The molecule has 0 radical (unpaired) electrons. The molecule has 0 saturated heterocycles. The molecule has 8 heteroatoms. The highest BCUT2D eigenvalue weighted by Gasteiger charge is 2.20. The van der Waals surface area contributed by atoms with Crippen molar-refractivity contribution < 1.29 is 9.47 Å². The largest absolute Gasteiger partial charge is 0.491 e. The van der Waals surface area contributed by atoms with Gasteiger partial charge in [-0.3, -0.25) is 0 Å². The van der Waals surface area contributed by atoms with Gasteiger partial charge in [-0.1, -0.05) is 17.3 Å². The summed E-state index contributed by atoms with van der Waals surface area (Å²) < 4.78 is 17.2. The molecule has 158 valence electrons. The third-order valence-electron chi connectivity index (χ3n) is 5.44. The van der Waals surface area contributed by atoms with Crippen LogP contribution in [0.2, 0.25) is 0 Å². The van der Waals surface area contributed by atoms with E-state index in [1.165, 1.54) is 3.57 Å². The summed E-state index contributed by atoms with van der Waals surface area (Å²) in [5, 5.41) is 8.43. The zero-order chi connectivity index (χ0) is 21.5. The third-order valence-corrected chi connectivity index (χ3v) is 6.16. The molecule has 0 aliphatic carbocycles. The lowest BCUT2D eigenvalue weighted by Crippen LogP contribution is -2.05. The first-order valence-electron chi connectivity index (χ1n) is 10.3. The summed E-state index contributed by atoms with van der Waals surface area (Å²) in [6, 6.07) is 22.2. The first-order valence-corrected chi connectivity index (χ1v) is 11.3. The average molecular weight is 535 g/mol. The Kier molecular flexibility index (Phi) is 4.79. The van der Waals surface area contributed by atoms with Gasteiger partial charge in [-0.25, -0.2) is 9.67 Å². The Labute approximate surface area is 197 Å². The number of hydrogen-bond donors (Lipinski definition) is 0. The van der Waals surface area contributed by atoms with Crippen LogP contribution >= 0.6 is 22.6 Å². The van der Waals surface area contributed by atoms with Gasteiger partial charge in [0.05, 0.1) is 35.0 Å². The first kappa shape index (κ1) is 19.3. The van der Waals surface area contributed by atoms with Crippen LogP contribution in [0.25, 0.3) is 28.1 Å². The summed E-state index contributed by atoms with van der Waals surface area (Å²) in [7, 11) is 0. The second-order valence-corrected chi connectivity index (χ2v) is 8.75. The van der Waals surface area contributed by atoms with E-state index in [0.29, 0.717) is 13.2 Å². The van der Waals surface area contributed by atoms with E-state index in [4.69, 9.17) is 14.5 Å². The van der Waals surface area contributed by atoms with E-state index < -0.39 is 0 Å². The molecule has 0 atom stereocenters.